The van der Waals surface area contributed by atoms with Crippen molar-refractivity contribution in [1.82, 2.24) is 5.32 Å². The molecule has 4 rings (SSSR count). The van der Waals surface area contributed by atoms with Crippen molar-refractivity contribution in [2.75, 3.05) is 13.1 Å². The molecule has 0 radical (unpaired) electrons. The average molecular weight is 545 g/mol. The Morgan fingerprint density at radius 1 is 0.872 bits per heavy atom. The van der Waals surface area contributed by atoms with Crippen molar-refractivity contribution in [3.63, 3.8) is 0 Å². The van der Waals surface area contributed by atoms with Crippen LogP contribution in [0.25, 0.3) is 0 Å². The zero-order valence-electron chi connectivity index (χ0n) is 26.6. The summed E-state index contributed by atoms with van der Waals surface area (Å²) in [6.07, 6.45) is 17.7. The highest BCUT2D eigenvalue weighted by Crippen LogP contribution is 2.74. The highest BCUT2D eigenvalue weighted by atomic mass is 16.3. The smallest absolute Gasteiger partial charge is 0.223 e. The van der Waals surface area contributed by atoms with Crippen molar-refractivity contribution in [1.29, 1.82) is 0 Å². The summed E-state index contributed by atoms with van der Waals surface area (Å²) in [5, 5.41) is 14.1. The number of nitrogens with two attached hydrogens (primary N) is 1. The minimum atomic E-state index is -0.110. The van der Waals surface area contributed by atoms with Crippen LogP contribution in [0.5, 0.6) is 0 Å². The van der Waals surface area contributed by atoms with Gasteiger partial charge >= 0.3 is 0 Å². The van der Waals surface area contributed by atoms with Crippen LogP contribution in [0.1, 0.15) is 138 Å². The lowest BCUT2D eigenvalue weighted by Gasteiger charge is -2.68. The molecule has 0 spiro atoms. The Kier molecular flexibility index (Phi) is 10.2. The van der Waals surface area contributed by atoms with Crippen LogP contribution in [0.4, 0.5) is 0 Å². The van der Waals surface area contributed by atoms with Crippen LogP contribution < -0.4 is 11.1 Å². The van der Waals surface area contributed by atoms with Gasteiger partial charge in [-0.2, -0.15) is 0 Å². The zero-order valence-corrected chi connectivity index (χ0v) is 26.6. The Bertz CT molecular complexity index is 814. The van der Waals surface area contributed by atoms with E-state index >= 15 is 0 Å². The molecule has 0 aromatic heterocycles. The molecule has 0 saturated heterocycles. The van der Waals surface area contributed by atoms with Crippen molar-refractivity contribution in [2.45, 2.75) is 144 Å². The Morgan fingerprint density at radius 3 is 2.31 bits per heavy atom. The molecule has 39 heavy (non-hydrogen) atoms. The number of hydrogen-bond acceptors (Lipinski definition) is 3. The number of fused-ring (bicyclic) bond motifs is 5. The quantitative estimate of drug-likeness (QED) is 0.220. The van der Waals surface area contributed by atoms with Gasteiger partial charge in [0.15, 0.2) is 0 Å². The predicted molar refractivity (Wildman–Crippen MR) is 163 cm³/mol. The molecule has 0 heterocycles. The van der Waals surface area contributed by atoms with Crippen molar-refractivity contribution in [3.8, 4) is 0 Å². The SMILES string of the molecule is CC(C)CCCC(C(=O)NCCCCCCN)[C@H]1CC[C@@]2(C)C1CCC1[C@@]3(C)CC[C@@H](O)[C@@H](C)C3CC[C@@]12C. The van der Waals surface area contributed by atoms with Gasteiger partial charge in [-0.25, -0.2) is 0 Å². The molecule has 4 nitrogen and oxygen atoms in total. The maximum atomic E-state index is 13.8. The van der Waals surface area contributed by atoms with Gasteiger partial charge in [-0.05, 0) is 129 Å². The molecule has 0 bridgehead atoms. The molecular weight excluding hydrogens is 480 g/mol. The van der Waals surface area contributed by atoms with Crippen LogP contribution in [0.15, 0.2) is 0 Å². The van der Waals surface area contributed by atoms with Gasteiger partial charge < -0.3 is 16.2 Å². The second-order valence-corrected chi connectivity index (χ2v) is 15.8. The van der Waals surface area contributed by atoms with E-state index < -0.39 is 0 Å². The topological polar surface area (TPSA) is 75.4 Å². The standard InChI is InChI=1S/C35H64N2O2/c1-24(2)12-11-13-27(32(39)37-23-10-8-7-9-22-36)26-16-20-34(5)29(26)14-15-31-33(4)19-18-30(38)25(3)28(33)17-21-35(31,34)6/h24-31,38H,7-23,36H2,1-6H3,(H,37,39)/t25-,26+,27?,28?,29?,30+,31?,33-,34-,35-/m0/s1. The number of aliphatic hydroxyl groups is 1. The Balaban J connectivity index is 1.50. The van der Waals surface area contributed by atoms with E-state index in [1.165, 1.54) is 64.2 Å². The maximum Gasteiger partial charge on any atom is 0.223 e. The lowest BCUT2D eigenvalue weighted by atomic mass is 9.37. The molecule has 4 saturated carbocycles. The summed E-state index contributed by atoms with van der Waals surface area (Å²) >= 11 is 0. The summed E-state index contributed by atoms with van der Waals surface area (Å²) in [4.78, 5) is 13.8. The monoisotopic (exact) mass is 544 g/mol. The molecule has 4 aliphatic rings. The number of carbonyl (C=O) groups is 1. The summed E-state index contributed by atoms with van der Waals surface area (Å²) in [6, 6.07) is 0. The fourth-order valence-electron chi connectivity index (χ4n) is 11.1. The molecule has 226 valence electrons. The second kappa shape index (κ2) is 12.7. The van der Waals surface area contributed by atoms with E-state index in [1.807, 2.05) is 0 Å². The predicted octanol–water partition coefficient (Wildman–Crippen LogP) is 7.72. The highest BCUT2D eigenvalue weighted by Gasteiger charge is 2.67. The minimum absolute atomic E-state index is 0.110. The Morgan fingerprint density at radius 2 is 1.59 bits per heavy atom. The number of hydrogen-bond donors (Lipinski definition) is 3. The van der Waals surface area contributed by atoms with Gasteiger partial charge in [-0.3, -0.25) is 4.79 Å². The summed E-state index contributed by atoms with van der Waals surface area (Å²) in [6.45, 7) is 16.5. The van der Waals surface area contributed by atoms with Gasteiger partial charge in [0, 0.05) is 12.5 Å². The van der Waals surface area contributed by atoms with E-state index in [1.54, 1.807) is 0 Å². The van der Waals surface area contributed by atoms with E-state index in [2.05, 4.69) is 46.9 Å². The van der Waals surface area contributed by atoms with Crippen molar-refractivity contribution < 1.29 is 9.90 Å². The van der Waals surface area contributed by atoms with Gasteiger partial charge in [0.25, 0.3) is 0 Å². The van der Waals surface area contributed by atoms with Gasteiger partial charge in [-0.15, -0.1) is 0 Å². The van der Waals surface area contributed by atoms with Crippen molar-refractivity contribution >= 4 is 5.91 Å². The van der Waals surface area contributed by atoms with Gasteiger partial charge in [0.2, 0.25) is 5.91 Å². The number of aliphatic hydroxyl groups excluding tert-OH is 1. The largest absolute Gasteiger partial charge is 0.393 e. The molecule has 0 aromatic carbocycles. The summed E-state index contributed by atoms with van der Waals surface area (Å²) in [5.41, 5.74) is 6.68. The molecule has 4 aliphatic carbocycles. The Labute approximate surface area is 241 Å². The van der Waals surface area contributed by atoms with Gasteiger partial charge in [-0.1, -0.05) is 67.2 Å². The first-order valence-electron chi connectivity index (χ1n) is 17.2. The first-order chi connectivity index (χ1) is 18.5. The molecular formula is C35H64N2O2. The molecule has 10 atom stereocenters. The fraction of sp³-hybridized carbons (Fsp3) is 0.971. The molecule has 4 N–H and O–H groups in total. The number of nitrogens with one attached hydrogen (secondary N) is 1. The van der Waals surface area contributed by atoms with Crippen molar-refractivity contribution in [2.24, 2.45) is 63.4 Å². The molecule has 4 heteroatoms. The third-order valence-corrected chi connectivity index (χ3v) is 13.6. The van der Waals surface area contributed by atoms with E-state index in [9.17, 15) is 9.90 Å². The number of rotatable bonds is 12. The summed E-state index contributed by atoms with van der Waals surface area (Å²) in [5.74, 6) is 4.28. The Hall–Kier alpha value is -0.610. The van der Waals surface area contributed by atoms with Crippen LogP contribution in [-0.4, -0.2) is 30.2 Å². The third kappa shape index (κ3) is 5.86. The third-order valence-electron chi connectivity index (χ3n) is 13.6. The first-order valence-corrected chi connectivity index (χ1v) is 17.2. The highest BCUT2D eigenvalue weighted by molar-refractivity contribution is 5.79. The van der Waals surface area contributed by atoms with E-state index in [4.69, 9.17) is 5.73 Å². The lowest BCUT2D eigenvalue weighted by molar-refractivity contribution is -0.203. The molecule has 4 unspecified atom stereocenters. The molecule has 4 fully saturated rings. The lowest BCUT2D eigenvalue weighted by Crippen LogP contribution is -2.62. The number of carbonyl (C=O) groups excluding carboxylic acids is 1. The maximum absolute atomic E-state index is 13.8. The van der Waals surface area contributed by atoms with Crippen LogP contribution in [0, 0.1) is 57.7 Å². The molecule has 0 aliphatic heterocycles. The van der Waals surface area contributed by atoms with E-state index in [-0.39, 0.29) is 12.0 Å². The fourth-order valence-corrected chi connectivity index (χ4v) is 11.1. The van der Waals surface area contributed by atoms with Crippen LogP contribution >= 0.6 is 0 Å². The minimum Gasteiger partial charge on any atom is -0.393 e. The van der Waals surface area contributed by atoms with Gasteiger partial charge in [0.1, 0.15) is 0 Å². The normalized spacial score (nSPS) is 42.5. The number of unbranched alkanes of at least 4 members (excludes halogenated alkanes) is 3. The number of amides is 1. The van der Waals surface area contributed by atoms with Crippen LogP contribution in [0.3, 0.4) is 0 Å². The summed E-state index contributed by atoms with van der Waals surface area (Å²) < 4.78 is 0. The zero-order chi connectivity index (χ0) is 28.4. The average Bonchev–Trinajstić information content (AvgIpc) is 3.24. The van der Waals surface area contributed by atoms with E-state index in [0.717, 1.165) is 51.1 Å². The first kappa shape index (κ1) is 31.3. The van der Waals surface area contributed by atoms with Crippen molar-refractivity contribution in [3.05, 3.63) is 0 Å². The molecule has 0 aromatic rings. The summed E-state index contributed by atoms with van der Waals surface area (Å²) in [7, 11) is 0. The van der Waals surface area contributed by atoms with Crippen LogP contribution in [-0.2, 0) is 4.79 Å². The van der Waals surface area contributed by atoms with E-state index in [0.29, 0.717) is 51.7 Å². The van der Waals surface area contributed by atoms with Gasteiger partial charge in [0.05, 0.1) is 6.10 Å². The van der Waals surface area contributed by atoms with Crippen LogP contribution in [0.2, 0.25) is 0 Å². The molecule has 1 amide bonds. The second-order valence-electron chi connectivity index (χ2n) is 15.8.